The van der Waals surface area contributed by atoms with Crippen LogP contribution in [0.25, 0.3) is 11.3 Å². The van der Waals surface area contributed by atoms with E-state index >= 15 is 0 Å². The molecule has 1 spiro atoms. The fourth-order valence-corrected chi connectivity index (χ4v) is 6.45. The normalized spacial score (nSPS) is 23.0. The predicted octanol–water partition coefficient (Wildman–Crippen LogP) is 5.88. The van der Waals surface area contributed by atoms with Crippen molar-refractivity contribution in [3.05, 3.63) is 72.4 Å². The number of allylic oxidation sites excluding steroid dienone is 4. The Morgan fingerprint density at radius 1 is 1.24 bits per heavy atom. The molecule has 5 rings (SSSR count). The van der Waals surface area contributed by atoms with Gasteiger partial charge in [0.2, 0.25) is 5.88 Å². The number of nitrogens with one attached hydrogen (secondary N) is 1. The minimum Gasteiger partial charge on any atom is -0.477 e. The number of carbonyl (C=O) groups is 1. The van der Waals surface area contributed by atoms with Crippen LogP contribution in [0.3, 0.4) is 0 Å². The zero-order chi connectivity index (χ0) is 32.2. The van der Waals surface area contributed by atoms with Gasteiger partial charge in [-0.1, -0.05) is 12.7 Å². The van der Waals surface area contributed by atoms with E-state index in [0.717, 1.165) is 38.1 Å². The molecule has 242 valence electrons. The van der Waals surface area contributed by atoms with E-state index in [1.54, 1.807) is 12.3 Å². The summed E-state index contributed by atoms with van der Waals surface area (Å²) in [7, 11) is 1.99. The lowest BCUT2D eigenvalue weighted by molar-refractivity contribution is -0.104. The van der Waals surface area contributed by atoms with Crippen molar-refractivity contribution in [3.63, 3.8) is 0 Å². The van der Waals surface area contributed by atoms with E-state index in [9.17, 15) is 22.4 Å². The third-order valence-electron chi connectivity index (χ3n) is 8.68. The molecule has 3 aliphatic rings. The Labute approximate surface area is 260 Å². The van der Waals surface area contributed by atoms with Gasteiger partial charge in [-0.25, -0.2) is 14.4 Å². The Morgan fingerprint density at radius 2 is 2.04 bits per heavy atom. The van der Waals surface area contributed by atoms with Crippen LogP contribution < -0.4 is 15.0 Å². The first-order chi connectivity index (χ1) is 21.5. The van der Waals surface area contributed by atoms with Crippen LogP contribution in [0.4, 0.5) is 23.2 Å². The summed E-state index contributed by atoms with van der Waals surface area (Å²) in [5.74, 6) is -0.853. The Bertz CT molecular complexity index is 1460. The van der Waals surface area contributed by atoms with Crippen molar-refractivity contribution in [1.82, 2.24) is 20.2 Å². The number of likely N-dealkylation sites (N-methyl/N-ethyl adjacent to an activating group) is 1. The van der Waals surface area contributed by atoms with Gasteiger partial charge in [-0.05, 0) is 81.5 Å². The fraction of sp³-hybridized carbons (Fsp3) is 0.485. The number of pyridine rings is 2. The number of carbonyl (C=O) groups excluding carboxylic acids is 1. The second-order valence-corrected chi connectivity index (χ2v) is 12.0. The number of nitrogens with zero attached hydrogens (tertiary/aromatic N) is 4. The van der Waals surface area contributed by atoms with E-state index in [2.05, 4.69) is 26.7 Å². The number of hydrogen-bond donors (Lipinski definition) is 1. The molecular formula is C33H39F4N5O3. The molecule has 2 aliphatic heterocycles. The number of halogens is 4. The monoisotopic (exact) mass is 629 g/mol. The van der Waals surface area contributed by atoms with Gasteiger partial charge in [-0.15, -0.1) is 0 Å². The van der Waals surface area contributed by atoms with Crippen molar-refractivity contribution >= 4 is 11.6 Å². The summed E-state index contributed by atoms with van der Waals surface area (Å²) in [5, 5.41) is 3.10. The second kappa shape index (κ2) is 13.7. The van der Waals surface area contributed by atoms with Crippen LogP contribution in [0.2, 0.25) is 0 Å². The molecule has 2 atom stereocenters. The van der Waals surface area contributed by atoms with Crippen LogP contribution in [-0.2, 0) is 4.74 Å². The molecule has 0 bridgehead atoms. The van der Waals surface area contributed by atoms with Crippen molar-refractivity contribution in [1.29, 1.82) is 0 Å². The number of amides is 1. The van der Waals surface area contributed by atoms with Crippen LogP contribution in [0.15, 0.2) is 66.7 Å². The van der Waals surface area contributed by atoms with Crippen molar-refractivity contribution in [2.45, 2.75) is 50.9 Å². The number of hydrogen-bond acceptors (Lipinski definition) is 7. The van der Waals surface area contributed by atoms with Gasteiger partial charge < -0.3 is 24.6 Å². The highest BCUT2D eigenvalue weighted by atomic mass is 19.4. The molecule has 1 N–H and O–H groups in total. The Morgan fingerprint density at radius 3 is 2.76 bits per heavy atom. The average molecular weight is 630 g/mol. The molecule has 0 radical (unpaired) electrons. The van der Waals surface area contributed by atoms with E-state index < -0.39 is 24.2 Å². The highest BCUT2D eigenvalue weighted by Gasteiger charge is 2.46. The third-order valence-corrected chi connectivity index (χ3v) is 8.68. The first-order valence-corrected chi connectivity index (χ1v) is 15.2. The number of anilines is 1. The van der Waals surface area contributed by atoms with E-state index in [1.165, 1.54) is 0 Å². The number of likely N-dealkylation sites (tertiary alicyclic amines) is 1. The van der Waals surface area contributed by atoms with E-state index in [-0.39, 0.29) is 23.5 Å². The molecule has 4 heterocycles. The largest absolute Gasteiger partial charge is 0.477 e. The van der Waals surface area contributed by atoms with E-state index in [0.29, 0.717) is 67.1 Å². The molecule has 2 saturated heterocycles. The average Bonchev–Trinajstić information content (AvgIpc) is 3.59. The van der Waals surface area contributed by atoms with Crippen molar-refractivity contribution in [2.75, 3.05) is 51.3 Å². The smallest absolute Gasteiger partial charge is 0.415 e. The van der Waals surface area contributed by atoms with E-state index in [4.69, 9.17) is 14.5 Å². The summed E-state index contributed by atoms with van der Waals surface area (Å²) in [6.07, 6.45) is 1.73. The van der Waals surface area contributed by atoms with Gasteiger partial charge in [-0.3, -0.25) is 4.79 Å². The summed E-state index contributed by atoms with van der Waals surface area (Å²) in [5.41, 5.74) is 1.03. The minimum atomic E-state index is -4.71. The SMILES string of the molecule is C=C/C=C(F)\C=C(/COC1CCC2(CCN(c3ccc(-c4cccnc4OCC)nc3C(=O)NC3CN(C)C3)C2)C1)C(F)(F)F. The molecule has 2 unspecified atom stereocenters. The Hall–Kier alpha value is -3.77. The quantitative estimate of drug-likeness (QED) is 0.246. The second-order valence-electron chi connectivity index (χ2n) is 12.0. The van der Waals surface area contributed by atoms with Crippen molar-refractivity contribution in [2.24, 2.45) is 5.41 Å². The zero-order valence-corrected chi connectivity index (χ0v) is 25.6. The summed E-state index contributed by atoms with van der Waals surface area (Å²) < 4.78 is 65.8. The molecule has 1 amide bonds. The topological polar surface area (TPSA) is 79.8 Å². The molecular weight excluding hydrogens is 590 g/mol. The zero-order valence-electron chi connectivity index (χ0n) is 25.6. The van der Waals surface area contributed by atoms with Crippen LogP contribution in [0, 0.1) is 5.41 Å². The third kappa shape index (κ3) is 7.73. The van der Waals surface area contributed by atoms with Crippen LogP contribution >= 0.6 is 0 Å². The minimum absolute atomic E-state index is 0.0345. The van der Waals surface area contributed by atoms with Gasteiger partial charge in [0.15, 0.2) is 5.69 Å². The van der Waals surface area contributed by atoms with Crippen LogP contribution in [-0.4, -0.2) is 85.5 Å². The highest BCUT2D eigenvalue weighted by molar-refractivity contribution is 5.99. The van der Waals surface area contributed by atoms with Crippen molar-refractivity contribution in [3.8, 4) is 17.1 Å². The molecule has 1 saturated carbocycles. The molecule has 45 heavy (non-hydrogen) atoms. The maximum atomic E-state index is 13.8. The Balaban J connectivity index is 1.33. The summed E-state index contributed by atoms with van der Waals surface area (Å²) >= 11 is 0. The molecule has 2 aromatic rings. The first kappa shape index (κ1) is 32.6. The lowest BCUT2D eigenvalue weighted by Crippen LogP contribution is -2.57. The predicted molar refractivity (Wildman–Crippen MR) is 164 cm³/mol. The summed E-state index contributed by atoms with van der Waals surface area (Å²) in [6.45, 7) is 7.70. The molecule has 0 aromatic carbocycles. The van der Waals surface area contributed by atoms with Gasteiger partial charge >= 0.3 is 6.18 Å². The van der Waals surface area contributed by atoms with Gasteiger partial charge in [0, 0.05) is 32.4 Å². The van der Waals surface area contributed by atoms with Gasteiger partial charge in [0.1, 0.15) is 5.83 Å². The molecule has 1 aliphatic carbocycles. The van der Waals surface area contributed by atoms with Gasteiger partial charge in [-0.2, -0.15) is 13.2 Å². The summed E-state index contributed by atoms with van der Waals surface area (Å²) in [4.78, 5) is 27.0. The molecule has 3 fully saturated rings. The highest BCUT2D eigenvalue weighted by Crippen LogP contribution is 2.48. The lowest BCUT2D eigenvalue weighted by atomic mass is 9.85. The van der Waals surface area contributed by atoms with E-state index in [1.807, 2.05) is 32.2 Å². The maximum absolute atomic E-state index is 13.8. The number of rotatable bonds is 11. The van der Waals surface area contributed by atoms with Gasteiger partial charge in [0.05, 0.1) is 47.9 Å². The standard InChI is InChI=1S/C33H39F4N5O3/c1-4-7-23(34)16-22(33(35,36)37)20-45-25-11-12-32(17-25)13-15-42(21-32)28-10-9-27(26-8-6-14-38-31(26)44-5-2)40-29(28)30(43)39-24-18-41(3)19-24/h4,6-10,14,16,24-25H,1,5,11-13,15,17-21H2,2-3H3,(H,39,43)/b22-16+,23-7+. The molecule has 12 heteroatoms. The number of alkyl halides is 3. The first-order valence-electron chi connectivity index (χ1n) is 15.2. The molecule has 2 aromatic heterocycles. The summed E-state index contributed by atoms with van der Waals surface area (Å²) in [6, 6.07) is 7.45. The maximum Gasteiger partial charge on any atom is 0.415 e. The Kier molecular flexibility index (Phi) is 9.93. The van der Waals surface area contributed by atoms with Crippen LogP contribution in [0.1, 0.15) is 43.1 Å². The number of aromatic nitrogens is 2. The van der Waals surface area contributed by atoms with Crippen molar-refractivity contribution < 1.29 is 31.8 Å². The molecule has 8 nitrogen and oxygen atoms in total. The van der Waals surface area contributed by atoms with Gasteiger partial charge in [0.25, 0.3) is 5.91 Å². The fourth-order valence-electron chi connectivity index (χ4n) is 6.45. The number of ether oxygens (including phenoxy) is 2. The van der Waals surface area contributed by atoms with Crippen LogP contribution in [0.5, 0.6) is 5.88 Å². The lowest BCUT2D eigenvalue weighted by Gasteiger charge is -2.36.